The summed E-state index contributed by atoms with van der Waals surface area (Å²) in [5.74, 6) is -0.246. The molecule has 2 fully saturated rings. The summed E-state index contributed by atoms with van der Waals surface area (Å²) in [4.78, 5) is 33.8. The number of rotatable bonds is 5. The van der Waals surface area contributed by atoms with E-state index in [1.807, 2.05) is 16.8 Å². The van der Waals surface area contributed by atoms with Gasteiger partial charge in [0.2, 0.25) is 0 Å². The van der Waals surface area contributed by atoms with Gasteiger partial charge >= 0.3 is 6.03 Å². The number of aliphatic hydroxyl groups is 1. The van der Waals surface area contributed by atoms with Crippen LogP contribution in [0.4, 0.5) is 9.18 Å². The lowest BCUT2D eigenvalue weighted by molar-refractivity contribution is -0.0364. The highest BCUT2D eigenvalue weighted by molar-refractivity contribution is 5.75. The van der Waals surface area contributed by atoms with Crippen molar-refractivity contribution in [3.8, 4) is 0 Å². The number of nitrogens with zero attached hydrogens (tertiary/aromatic N) is 5. The summed E-state index contributed by atoms with van der Waals surface area (Å²) in [6.45, 7) is 3.62. The van der Waals surface area contributed by atoms with Crippen LogP contribution < -0.4 is 10.9 Å². The Morgan fingerprint density at radius 1 is 1.14 bits per heavy atom. The average Bonchev–Trinajstić information content (AvgIpc) is 3.33. The number of nitrogens with one attached hydrogen (secondary N) is 1. The molecule has 2 aromatic heterocycles. The molecule has 192 valence electrons. The first-order valence-corrected chi connectivity index (χ1v) is 12.6. The quantitative estimate of drug-likeness (QED) is 0.566. The van der Waals surface area contributed by atoms with Crippen LogP contribution in [-0.4, -0.2) is 73.9 Å². The second kappa shape index (κ2) is 10.0. The molecule has 9 nitrogen and oxygen atoms in total. The molecule has 0 bridgehead atoms. The minimum atomic E-state index is -0.978. The van der Waals surface area contributed by atoms with E-state index in [4.69, 9.17) is 0 Å². The number of carbonyl (C=O) groups is 1. The van der Waals surface area contributed by atoms with Gasteiger partial charge in [0.15, 0.2) is 0 Å². The lowest BCUT2D eigenvalue weighted by Gasteiger charge is -2.38. The van der Waals surface area contributed by atoms with Crippen LogP contribution in [0.5, 0.6) is 0 Å². The molecule has 2 amide bonds. The van der Waals surface area contributed by atoms with Crippen LogP contribution in [0.1, 0.15) is 37.3 Å². The zero-order valence-electron chi connectivity index (χ0n) is 20.6. The van der Waals surface area contributed by atoms with Crippen LogP contribution in [0.2, 0.25) is 0 Å². The van der Waals surface area contributed by atoms with Gasteiger partial charge in [0.05, 0.1) is 17.5 Å². The molecule has 2 saturated heterocycles. The number of aromatic nitrogens is 3. The van der Waals surface area contributed by atoms with Crippen LogP contribution >= 0.6 is 0 Å². The zero-order chi connectivity index (χ0) is 25.3. The molecule has 1 aromatic carbocycles. The molecule has 0 radical (unpaired) electrons. The highest BCUT2D eigenvalue weighted by Gasteiger charge is 2.33. The predicted octanol–water partition coefficient (Wildman–Crippen LogP) is 2.34. The molecule has 0 atom stereocenters. The lowest BCUT2D eigenvalue weighted by atomic mass is 9.91. The monoisotopic (exact) mass is 496 g/mol. The van der Waals surface area contributed by atoms with Gasteiger partial charge in [0.1, 0.15) is 17.8 Å². The number of hydrogen-bond acceptors (Lipinski definition) is 5. The molecular weight excluding hydrogens is 463 g/mol. The van der Waals surface area contributed by atoms with Crippen molar-refractivity contribution in [2.45, 2.75) is 50.4 Å². The number of amides is 2. The summed E-state index contributed by atoms with van der Waals surface area (Å²) < 4.78 is 16.7. The molecular formula is C26H33FN6O3. The van der Waals surface area contributed by atoms with Crippen molar-refractivity contribution >= 4 is 17.1 Å². The zero-order valence-corrected chi connectivity index (χ0v) is 20.6. The van der Waals surface area contributed by atoms with E-state index in [-0.39, 0.29) is 30.0 Å². The molecule has 2 N–H and O–H groups in total. The predicted molar refractivity (Wildman–Crippen MR) is 134 cm³/mol. The summed E-state index contributed by atoms with van der Waals surface area (Å²) >= 11 is 0. The Morgan fingerprint density at radius 3 is 2.50 bits per heavy atom. The average molecular weight is 497 g/mol. The van der Waals surface area contributed by atoms with Crippen molar-refractivity contribution in [1.29, 1.82) is 0 Å². The molecule has 4 heterocycles. The first kappa shape index (κ1) is 24.5. The maximum absolute atomic E-state index is 13.3. The van der Waals surface area contributed by atoms with E-state index in [1.165, 1.54) is 16.7 Å². The first-order chi connectivity index (χ1) is 17.3. The van der Waals surface area contributed by atoms with Crippen molar-refractivity contribution in [2.75, 3.05) is 33.2 Å². The van der Waals surface area contributed by atoms with Gasteiger partial charge in [-0.1, -0.05) is 12.1 Å². The first-order valence-electron chi connectivity index (χ1n) is 12.6. The van der Waals surface area contributed by atoms with E-state index in [0.29, 0.717) is 56.6 Å². The number of likely N-dealkylation sites (tertiary alicyclic amines) is 2. The van der Waals surface area contributed by atoms with E-state index >= 15 is 0 Å². The molecule has 0 aliphatic carbocycles. The van der Waals surface area contributed by atoms with Crippen LogP contribution in [0.15, 0.2) is 47.7 Å². The van der Waals surface area contributed by atoms with Gasteiger partial charge in [-0.3, -0.25) is 14.3 Å². The van der Waals surface area contributed by atoms with Crippen molar-refractivity contribution < 1.29 is 14.3 Å². The van der Waals surface area contributed by atoms with Crippen molar-refractivity contribution in [2.24, 2.45) is 0 Å². The summed E-state index contributed by atoms with van der Waals surface area (Å²) in [5, 5.41) is 14.4. The number of piperidine rings is 2. The van der Waals surface area contributed by atoms with Gasteiger partial charge in [0, 0.05) is 52.0 Å². The largest absolute Gasteiger partial charge is 0.388 e. The SMILES string of the molecule is CNC(=O)N1CCC(n2ccc3c(=O)n(CC4(O)CCN(Cc5ccc(F)cc5)CC4)cnc32)CC1. The maximum atomic E-state index is 13.3. The van der Waals surface area contributed by atoms with Gasteiger partial charge in [-0.2, -0.15) is 0 Å². The number of urea groups is 1. The topological polar surface area (TPSA) is 95.6 Å². The Balaban J connectivity index is 1.23. The van der Waals surface area contributed by atoms with E-state index in [9.17, 15) is 19.1 Å². The fourth-order valence-electron chi connectivity index (χ4n) is 5.44. The van der Waals surface area contributed by atoms with Gasteiger partial charge < -0.3 is 19.9 Å². The van der Waals surface area contributed by atoms with E-state index in [1.54, 1.807) is 30.4 Å². The maximum Gasteiger partial charge on any atom is 0.317 e. The highest BCUT2D eigenvalue weighted by Crippen LogP contribution is 2.27. The highest BCUT2D eigenvalue weighted by atomic mass is 19.1. The summed E-state index contributed by atoms with van der Waals surface area (Å²) in [6, 6.07) is 8.43. The van der Waals surface area contributed by atoms with Crippen molar-refractivity contribution in [1.82, 2.24) is 29.2 Å². The standard InChI is InChI=1S/C26H33FN6O3/c1-28-25(35)31-11-6-21(7-12-31)33-13-8-22-23(33)29-18-32(24(22)34)17-26(36)9-14-30(15-10-26)16-19-2-4-20(27)5-3-19/h2-5,8,13,18,21,36H,6-7,9-12,14-17H2,1H3,(H,28,35). The van der Waals surface area contributed by atoms with Crippen LogP contribution in [0.3, 0.4) is 0 Å². The van der Waals surface area contributed by atoms with Crippen LogP contribution in [0.25, 0.3) is 11.0 Å². The number of halogens is 1. The Morgan fingerprint density at radius 2 is 1.83 bits per heavy atom. The molecule has 2 aliphatic rings. The minimum absolute atomic E-state index is 0.0638. The molecule has 3 aromatic rings. The number of hydrogen-bond donors (Lipinski definition) is 2. The van der Waals surface area contributed by atoms with E-state index in [0.717, 1.165) is 18.4 Å². The third-order valence-electron chi connectivity index (χ3n) is 7.63. The number of benzene rings is 1. The van der Waals surface area contributed by atoms with Gasteiger partial charge in [-0.05, 0) is 49.4 Å². The number of fused-ring (bicyclic) bond motifs is 1. The Kier molecular flexibility index (Phi) is 6.81. The van der Waals surface area contributed by atoms with Crippen LogP contribution in [0, 0.1) is 5.82 Å². The lowest BCUT2D eigenvalue weighted by Crippen LogP contribution is -2.47. The Bertz CT molecular complexity index is 1270. The van der Waals surface area contributed by atoms with Crippen LogP contribution in [-0.2, 0) is 13.1 Å². The molecule has 5 rings (SSSR count). The molecule has 0 unspecified atom stereocenters. The summed E-state index contributed by atoms with van der Waals surface area (Å²) in [7, 11) is 1.64. The molecule has 2 aliphatic heterocycles. The van der Waals surface area contributed by atoms with Crippen molar-refractivity contribution in [3.05, 3.63) is 64.6 Å². The Labute approximate surface area is 209 Å². The second-order valence-corrected chi connectivity index (χ2v) is 10.0. The van der Waals surface area contributed by atoms with Gasteiger partial charge in [-0.25, -0.2) is 14.2 Å². The summed E-state index contributed by atoms with van der Waals surface area (Å²) in [6.07, 6.45) is 6.15. The van der Waals surface area contributed by atoms with Crippen molar-refractivity contribution in [3.63, 3.8) is 0 Å². The molecule has 10 heteroatoms. The third kappa shape index (κ3) is 5.01. The normalized spacial score (nSPS) is 19.0. The van der Waals surface area contributed by atoms with Gasteiger partial charge in [0.25, 0.3) is 5.56 Å². The third-order valence-corrected chi connectivity index (χ3v) is 7.63. The van der Waals surface area contributed by atoms with Gasteiger partial charge in [-0.15, -0.1) is 0 Å². The Hall–Kier alpha value is -3.24. The van der Waals surface area contributed by atoms with E-state index < -0.39 is 5.60 Å². The molecule has 0 saturated carbocycles. The fraction of sp³-hybridized carbons (Fsp3) is 0.500. The number of carbonyl (C=O) groups excluding carboxylic acids is 1. The molecule has 36 heavy (non-hydrogen) atoms. The summed E-state index contributed by atoms with van der Waals surface area (Å²) in [5.41, 5.74) is 0.560. The molecule has 0 spiro atoms. The van der Waals surface area contributed by atoms with E-state index in [2.05, 4.69) is 15.2 Å². The smallest absolute Gasteiger partial charge is 0.317 e. The second-order valence-electron chi connectivity index (χ2n) is 10.0. The fourth-order valence-corrected chi connectivity index (χ4v) is 5.44. The minimum Gasteiger partial charge on any atom is -0.388 e.